The molecule has 3 heteroatoms. The normalized spacial score (nSPS) is 14.8. The van der Waals surface area contributed by atoms with Crippen LogP contribution in [0.25, 0.3) is 44.3 Å². The van der Waals surface area contributed by atoms with Crippen LogP contribution in [0.15, 0.2) is 65.2 Å². The third-order valence-electron chi connectivity index (χ3n) is 7.52. The average molecular weight is 451 g/mol. The van der Waals surface area contributed by atoms with E-state index in [0.717, 1.165) is 51.6 Å². The number of hydrogen-bond acceptors (Lipinski definition) is 1. The topological polar surface area (TPSA) is 17.0 Å². The third kappa shape index (κ3) is 3.03. The van der Waals surface area contributed by atoms with Gasteiger partial charge in [0.05, 0.1) is 11.1 Å². The zero-order valence-corrected chi connectivity index (χ0v) is 20.4. The van der Waals surface area contributed by atoms with Crippen LogP contribution in [0.4, 0.5) is 4.39 Å². The Morgan fingerprint density at radius 1 is 0.794 bits per heavy atom. The summed E-state index contributed by atoms with van der Waals surface area (Å²) in [6.45, 7) is 8.86. The molecule has 0 radical (unpaired) electrons. The van der Waals surface area contributed by atoms with Gasteiger partial charge in [-0.25, -0.2) is 8.96 Å². The Morgan fingerprint density at radius 2 is 1.47 bits per heavy atom. The smallest absolute Gasteiger partial charge is 0.216 e. The van der Waals surface area contributed by atoms with E-state index in [1.807, 2.05) is 31.4 Å². The van der Waals surface area contributed by atoms with Crippen molar-refractivity contribution in [2.45, 2.75) is 40.5 Å². The Balaban J connectivity index is 1.70. The summed E-state index contributed by atoms with van der Waals surface area (Å²) in [5.74, 6) is -0.231. The molecule has 2 nitrogen and oxygen atoms in total. The summed E-state index contributed by atoms with van der Waals surface area (Å²) in [5, 5.41) is 1.97. The molecular weight excluding hydrogens is 421 g/mol. The lowest BCUT2D eigenvalue weighted by Gasteiger charge is -2.15. The first-order valence-corrected chi connectivity index (χ1v) is 12.0. The van der Waals surface area contributed by atoms with Crippen molar-refractivity contribution < 1.29 is 13.4 Å². The molecule has 0 bridgehead atoms. The molecule has 0 saturated carbocycles. The molecule has 3 aromatic carbocycles. The van der Waals surface area contributed by atoms with Crippen LogP contribution in [0.5, 0.6) is 0 Å². The van der Waals surface area contributed by atoms with E-state index in [9.17, 15) is 0 Å². The number of benzene rings is 3. The summed E-state index contributed by atoms with van der Waals surface area (Å²) in [7, 11) is 2.04. The number of pyridine rings is 1. The van der Waals surface area contributed by atoms with E-state index in [2.05, 4.69) is 62.6 Å². The predicted molar refractivity (Wildman–Crippen MR) is 136 cm³/mol. The Hall–Kier alpha value is -3.46. The molecule has 0 atom stereocenters. The Labute approximate surface area is 199 Å². The van der Waals surface area contributed by atoms with Crippen molar-refractivity contribution in [2.24, 2.45) is 12.5 Å². The summed E-state index contributed by atoms with van der Waals surface area (Å²) in [6.07, 6.45) is 4.01. The number of aryl methyl sites for hydroxylation is 3. The van der Waals surface area contributed by atoms with Crippen molar-refractivity contribution in [2.75, 3.05) is 0 Å². The average Bonchev–Trinajstić information content (AvgIpc) is 3.32. The zero-order valence-electron chi connectivity index (χ0n) is 20.4. The number of nitrogens with zero attached hydrogens (tertiary/aromatic N) is 1. The van der Waals surface area contributed by atoms with Gasteiger partial charge in [0.2, 0.25) is 5.69 Å². The fraction of sp³-hybridized carbons (Fsp3) is 0.258. The van der Waals surface area contributed by atoms with Crippen LogP contribution >= 0.6 is 0 Å². The second kappa shape index (κ2) is 7.27. The van der Waals surface area contributed by atoms with Crippen molar-refractivity contribution in [3.05, 3.63) is 88.9 Å². The Morgan fingerprint density at radius 3 is 2.24 bits per heavy atom. The second-order valence-corrected chi connectivity index (χ2v) is 10.6. The maximum absolute atomic E-state index is 15.6. The Kier molecular flexibility index (Phi) is 4.51. The minimum Gasteiger partial charge on any atom is -0.454 e. The molecule has 5 aromatic rings. The van der Waals surface area contributed by atoms with Gasteiger partial charge in [0.25, 0.3) is 0 Å². The molecule has 0 spiro atoms. The van der Waals surface area contributed by atoms with Crippen LogP contribution in [0.3, 0.4) is 0 Å². The van der Waals surface area contributed by atoms with Crippen LogP contribution in [0, 0.1) is 25.1 Å². The molecule has 1 aliphatic carbocycles. The maximum atomic E-state index is 15.6. The maximum Gasteiger partial charge on any atom is 0.216 e. The third-order valence-corrected chi connectivity index (χ3v) is 7.52. The van der Waals surface area contributed by atoms with Gasteiger partial charge in [0.1, 0.15) is 24.0 Å². The van der Waals surface area contributed by atoms with Gasteiger partial charge in [-0.2, -0.15) is 0 Å². The molecule has 0 fully saturated rings. The summed E-state index contributed by atoms with van der Waals surface area (Å²) in [4.78, 5) is 0. The van der Waals surface area contributed by atoms with Gasteiger partial charge in [-0.3, -0.25) is 0 Å². The summed E-state index contributed by atoms with van der Waals surface area (Å²) in [6, 6.07) is 18.1. The van der Waals surface area contributed by atoms with Gasteiger partial charge in [-0.05, 0) is 78.1 Å². The minimum absolute atomic E-state index is 0.174. The van der Waals surface area contributed by atoms with E-state index in [1.165, 1.54) is 16.7 Å². The first-order valence-electron chi connectivity index (χ1n) is 12.0. The Bertz CT molecular complexity index is 1620. The number of furan rings is 1. The molecule has 0 saturated heterocycles. The van der Waals surface area contributed by atoms with E-state index in [0.29, 0.717) is 11.1 Å². The molecular formula is C31H29FNO+. The largest absolute Gasteiger partial charge is 0.454 e. The number of halogens is 1. The lowest BCUT2D eigenvalue weighted by atomic mass is 9.89. The molecule has 0 unspecified atom stereocenters. The van der Waals surface area contributed by atoms with Crippen molar-refractivity contribution >= 4 is 21.9 Å². The van der Waals surface area contributed by atoms with E-state index < -0.39 is 0 Å². The van der Waals surface area contributed by atoms with Crippen molar-refractivity contribution in [1.29, 1.82) is 0 Å². The number of aromatic nitrogens is 1. The number of rotatable bonds is 2. The molecule has 0 aliphatic heterocycles. The van der Waals surface area contributed by atoms with Crippen molar-refractivity contribution in [3.8, 4) is 22.4 Å². The van der Waals surface area contributed by atoms with Gasteiger partial charge in [0, 0.05) is 22.9 Å². The van der Waals surface area contributed by atoms with Crippen LogP contribution < -0.4 is 4.57 Å². The highest BCUT2D eigenvalue weighted by Gasteiger charge is 2.33. The molecule has 0 amide bonds. The van der Waals surface area contributed by atoms with E-state index >= 15 is 4.39 Å². The molecule has 2 heterocycles. The zero-order chi connectivity index (χ0) is 23.8. The quantitative estimate of drug-likeness (QED) is 0.253. The van der Waals surface area contributed by atoms with Crippen LogP contribution in [-0.4, -0.2) is 0 Å². The minimum atomic E-state index is -0.231. The number of hydrogen-bond donors (Lipinski definition) is 0. The highest BCUT2D eigenvalue weighted by Crippen LogP contribution is 2.46. The van der Waals surface area contributed by atoms with Gasteiger partial charge < -0.3 is 4.42 Å². The number of fused-ring (bicyclic) bond motifs is 4. The SMILES string of the molecule is Cc1ccc(-c2c(F)ccc3c2oc2c(-c4cccc[n+]4C)c(C)ccc23)c2c1CC(C)(C)C2. The van der Waals surface area contributed by atoms with Crippen LogP contribution in [0.1, 0.15) is 36.1 Å². The monoisotopic (exact) mass is 450 g/mol. The van der Waals surface area contributed by atoms with Gasteiger partial charge in [-0.15, -0.1) is 0 Å². The second-order valence-electron chi connectivity index (χ2n) is 10.6. The lowest BCUT2D eigenvalue weighted by molar-refractivity contribution is -0.660. The molecule has 1 aliphatic rings. The van der Waals surface area contributed by atoms with Crippen molar-refractivity contribution in [1.82, 2.24) is 0 Å². The molecule has 2 aromatic heterocycles. The summed E-state index contributed by atoms with van der Waals surface area (Å²) < 4.78 is 24.3. The first-order chi connectivity index (χ1) is 16.2. The lowest BCUT2D eigenvalue weighted by Crippen LogP contribution is -2.30. The van der Waals surface area contributed by atoms with Crippen molar-refractivity contribution in [3.63, 3.8) is 0 Å². The summed E-state index contributed by atoms with van der Waals surface area (Å²) >= 11 is 0. The summed E-state index contributed by atoms with van der Waals surface area (Å²) in [5.41, 5.74) is 10.4. The van der Waals surface area contributed by atoms with Gasteiger partial charge in [-0.1, -0.05) is 38.1 Å². The molecule has 0 N–H and O–H groups in total. The van der Waals surface area contributed by atoms with E-state index in [-0.39, 0.29) is 11.2 Å². The first kappa shape index (κ1) is 21.1. The molecule has 6 rings (SSSR count). The predicted octanol–water partition coefficient (Wildman–Crippen LogP) is 7.63. The fourth-order valence-corrected chi connectivity index (χ4v) is 5.84. The van der Waals surface area contributed by atoms with Crippen LogP contribution in [-0.2, 0) is 19.9 Å². The van der Waals surface area contributed by atoms with E-state index in [1.54, 1.807) is 6.07 Å². The molecule has 34 heavy (non-hydrogen) atoms. The fourth-order valence-electron chi connectivity index (χ4n) is 5.84. The highest BCUT2D eigenvalue weighted by molar-refractivity contribution is 6.13. The van der Waals surface area contributed by atoms with Crippen LogP contribution in [0.2, 0.25) is 0 Å². The van der Waals surface area contributed by atoms with Gasteiger partial charge in [0.15, 0.2) is 6.20 Å². The standard InChI is InChI=1S/C31H29FNO/c1-18-9-11-20(24-17-31(3,4)16-23(18)24)28-25(32)14-13-22-21-12-10-19(2)27(29(21)34-30(22)28)26-8-6-7-15-33(26)5/h6-15H,16-17H2,1-5H3/q+1. The van der Waals surface area contributed by atoms with Gasteiger partial charge >= 0.3 is 0 Å². The highest BCUT2D eigenvalue weighted by atomic mass is 19.1. The molecule has 170 valence electrons. The van der Waals surface area contributed by atoms with E-state index in [4.69, 9.17) is 4.42 Å².